The van der Waals surface area contributed by atoms with Crippen LogP contribution in [-0.2, 0) is 18.4 Å². The number of aryl methyl sites for hydroxylation is 1. The van der Waals surface area contributed by atoms with Gasteiger partial charge in [-0.1, -0.05) is 0 Å². The molecule has 0 bridgehead atoms. The molecule has 88 valence electrons. The van der Waals surface area contributed by atoms with Crippen LogP contribution in [-0.4, -0.2) is 43.8 Å². The Bertz CT molecular complexity index is 403. The zero-order chi connectivity index (χ0) is 11.8. The predicted molar refractivity (Wildman–Crippen MR) is 56.6 cm³/mol. The van der Waals surface area contributed by atoms with E-state index in [1.54, 1.807) is 13.3 Å². The highest BCUT2D eigenvalue weighted by Crippen LogP contribution is 2.30. The Labute approximate surface area is 93.9 Å². The smallest absolute Gasteiger partial charge is 0.310 e. The van der Waals surface area contributed by atoms with Crippen LogP contribution in [0.2, 0.25) is 0 Å². The van der Waals surface area contributed by atoms with Crippen LogP contribution >= 0.6 is 0 Å². The Morgan fingerprint density at radius 2 is 2.44 bits per heavy atom. The minimum Gasteiger partial charge on any atom is -0.481 e. The number of likely N-dealkylation sites (tertiary alicyclic amines) is 1. The van der Waals surface area contributed by atoms with Gasteiger partial charge in [0, 0.05) is 13.6 Å². The Morgan fingerprint density at radius 1 is 1.69 bits per heavy atom. The minimum atomic E-state index is -0.715. The van der Waals surface area contributed by atoms with Crippen molar-refractivity contribution in [2.45, 2.75) is 19.9 Å². The number of carbonyl (C=O) groups is 1. The lowest BCUT2D eigenvalue weighted by atomic mass is 9.90. The van der Waals surface area contributed by atoms with Crippen molar-refractivity contribution in [2.75, 3.05) is 13.1 Å². The summed E-state index contributed by atoms with van der Waals surface area (Å²) in [4.78, 5) is 13.2. The van der Waals surface area contributed by atoms with Crippen molar-refractivity contribution in [1.82, 2.24) is 19.7 Å². The van der Waals surface area contributed by atoms with Crippen molar-refractivity contribution >= 4 is 5.97 Å². The van der Waals surface area contributed by atoms with Crippen LogP contribution in [0, 0.1) is 5.41 Å². The van der Waals surface area contributed by atoms with Gasteiger partial charge >= 0.3 is 5.97 Å². The molecule has 16 heavy (non-hydrogen) atoms. The summed E-state index contributed by atoms with van der Waals surface area (Å²) in [6.45, 7) is 3.84. The Balaban J connectivity index is 2.00. The van der Waals surface area contributed by atoms with E-state index in [0.717, 1.165) is 12.4 Å². The van der Waals surface area contributed by atoms with Gasteiger partial charge in [0.1, 0.15) is 12.2 Å². The highest BCUT2D eigenvalue weighted by Gasteiger charge is 2.40. The third-order valence-corrected chi connectivity index (χ3v) is 3.24. The highest BCUT2D eigenvalue weighted by molar-refractivity contribution is 5.74. The molecular formula is C10H16N4O2. The van der Waals surface area contributed by atoms with Gasteiger partial charge in [0.25, 0.3) is 0 Å². The van der Waals surface area contributed by atoms with Crippen LogP contribution < -0.4 is 0 Å². The molecule has 1 N–H and O–H groups in total. The number of hydrogen-bond donors (Lipinski definition) is 1. The molecule has 1 fully saturated rings. The van der Waals surface area contributed by atoms with E-state index < -0.39 is 11.4 Å². The summed E-state index contributed by atoms with van der Waals surface area (Å²) in [5.74, 6) is 0.155. The number of rotatable bonds is 3. The standard InChI is InChI=1S/C10H16N4O2/c1-10(9(15)16)3-4-14(6-10)5-8-12-11-7-13(8)2/h7H,3-6H2,1-2H3,(H,15,16). The van der Waals surface area contributed by atoms with E-state index >= 15 is 0 Å². The highest BCUT2D eigenvalue weighted by atomic mass is 16.4. The molecule has 0 amide bonds. The first-order valence-corrected chi connectivity index (χ1v) is 5.30. The molecule has 2 heterocycles. The third kappa shape index (κ3) is 1.92. The van der Waals surface area contributed by atoms with E-state index in [4.69, 9.17) is 5.11 Å². The van der Waals surface area contributed by atoms with Gasteiger partial charge in [-0.15, -0.1) is 10.2 Å². The Hall–Kier alpha value is -1.43. The minimum absolute atomic E-state index is 0.579. The summed E-state index contributed by atoms with van der Waals surface area (Å²) in [5.41, 5.74) is -0.613. The summed E-state index contributed by atoms with van der Waals surface area (Å²) in [6.07, 6.45) is 2.35. The zero-order valence-corrected chi connectivity index (χ0v) is 9.55. The maximum atomic E-state index is 11.1. The second-order valence-electron chi connectivity index (χ2n) is 4.68. The summed E-state index contributed by atoms with van der Waals surface area (Å²) >= 11 is 0. The third-order valence-electron chi connectivity index (χ3n) is 3.24. The summed E-state index contributed by atoms with van der Waals surface area (Å²) in [6, 6.07) is 0. The molecule has 1 aliphatic rings. The monoisotopic (exact) mass is 224 g/mol. The van der Waals surface area contributed by atoms with Crippen LogP contribution in [0.1, 0.15) is 19.2 Å². The van der Waals surface area contributed by atoms with Gasteiger partial charge in [0.15, 0.2) is 0 Å². The zero-order valence-electron chi connectivity index (χ0n) is 9.55. The molecule has 1 unspecified atom stereocenters. The van der Waals surface area contributed by atoms with Crippen molar-refractivity contribution in [3.8, 4) is 0 Å². The fraction of sp³-hybridized carbons (Fsp3) is 0.700. The topological polar surface area (TPSA) is 71.2 Å². The first-order chi connectivity index (χ1) is 7.51. The van der Waals surface area contributed by atoms with Gasteiger partial charge in [0.2, 0.25) is 0 Å². The van der Waals surface area contributed by atoms with E-state index in [-0.39, 0.29) is 0 Å². The fourth-order valence-corrected chi connectivity index (χ4v) is 2.02. The Kier molecular flexibility index (Phi) is 2.67. The van der Waals surface area contributed by atoms with Gasteiger partial charge < -0.3 is 9.67 Å². The van der Waals surface area contributed by atoms with E-state index in [0.29, 0.717) is 19.5 Å². The van der Waals surface area contributed by atoms with Crippen molar-refractivity contribution in [3.63, 3.8) is 0 Å². The number of nitrogens with zero attached hydrogens (tertiary/aromatic N) is 4. The molecule has 1 atom stereocenters. The van der Waals surface area contributed by atoms with Crippen LogP contribution in [0.5, 0.6) is 0 Å². The second-order valence-corrected chi connectivity index (χ2v) is 4.68. The lowest BCUT2D eigenvalue weighted by molar-refractivity contribution is -0.147. The van der Waals surface area contributed by atoms with E-state index in [9.17, 15) is 4.79 Å². The molecule has 1 saturated heterocycles. The molecule has 6 nitrogen and oxygen atoms in total. The number of aromatic nitrogens is 3. The lowest BCUT2D eigenvalue weighted by Crippen LogP contribution is -2.31. The molecule has 2 rings (SSSR count). The second kappa shape index (κ2) is 3.86. The van der Waals surface area contributed by atoms with Gasteiger partial charge in [-0.3, -0.25) is 9.69 Å². The SMILES string of the molecule is Cn1cnnc1CN1CCC(C)(C(=O)O)C1. The average Bonchev–Trinajstić information content (AvgIpc) is 2.77. The van der Waals surface area contributed by atoms with Crippen LogP contribution in [0.25, 0.3) is 0 Å². The van der Waals surface area contributed by atoms with Crippen LogP contribution in [0.4, 0.5) is 0 Å². The fourth-order valence-electron chi connectivity index (χ4n) is 2.02. The summed E-state index contributed by atoms with van der Waals surface area (Å²) < 4.78 is 1.86. The Morgan fingerprint density at radius 3 is 2.94 bits per heavy atom. The molecule has 0 radical (unpaired) electrons. The molecule has 1 aromatic rings. The molecule has 1 aromatic heterocycles. The number of aliphatic carboxylic acids is 1. The van der Waals surface area contributed by atoms with Crippen molar-refractivity contribution in [3.05, 3.63) is 12.2 Å². The van der Waals surface area contributed by atoms with Gasteiger partial charge in [0.05, 0.1) is 12.0 Å². The molecule has 0 aliphatic carbocycles. The first-order valence-electron chi connectivity index (χ1n) is 5.30. The van der Waals surface area contributed by atoms with Crippen molar-refractivity contribution in [1.29, 1.82) is 0 Å². The number of carboxylic acids is 1. The summed E-state index contributed by atoms with van der Waals surface area (Å²) in [7, 11) is 1.89. The molecule has 6 heteroatoms. The molecule has 0 spiro atoms. The maximum Gasteiger partial charge on any atom is 0.310 e. The van der Waals surface area contributed by atoms with Crippen LogP contribution in [0.3, 0.4) is 0 Å². The van der Waals surface area contributed by atoms with E-state index in [1.807, 2.05) is 11.6 Å². The largest absolute Gasteiger partial charge is 0.481 e. The van der Waals surface area contributed by atoms with E-state index in [1.165, 1.54) is 0 Å². The number of carboxylic acid groups (broad SMARTS) is 1. The normalized spacial score (nSPS) is 26.1. The predicted octanol–water partition coefficient (Wildman–Crippen LogP) is 0.112. The van der Waals surface area contributed by atoms with Gasteiger partial charge in [-0.2, -0.15) is 0 Å². The molecule has 0 saturated carbocycles. The molecule has 1 aliphatic heterocycles. The van der Waals surface area contributed by atoms with Crippen molar-refractivity contribution < 1.29 is 9.90 Å². The summed E-state index contributed by atoms with van der Waals surface area (Å²) in [5, 5.41) is 16.9. The average molecular weight is 224 g/mol. The van der Waals surface area contributed by atoms with Gasteiger partial charge in [-0.25, -0.2) is 0 Å². The quantitative estimate of drug-likeness (QED) is 0.789. The van der Waals surface area contributed by atoms with Crippen LogP contribution in [0.15, 0.2) is 6.33 Å². The maximum absolute atomic E-state index is 11.1. The first kappa shape index (κ1) is 11.1. The molecule has 0 aromatic carbocycles. The number of hydrogen-bond acceptors (Lipinski definition) is 4. The van der Waals surface area contributed by atoms with Gasteiger partial charge in [-0.05, 0) is 19.9 Å². The molecular weight excluding hydrogens is 208 g/mol. The lowest BCUT2D eigenvalue weighted by Gasteiger charge is -2.19. The van der Waals surface area contributed by atoms with Crippen molar-refractivity contribution in [2.24, 2.45) is 12.5 Å². The van der Waals surface area contributed by atoms with E-state index in [2.05, 4.69) is 15.1 Å².